The Bertz CT molecular complexity index is 586. The molecule has 1 aliphatic rings. The number of thioether (sulfide) groups is 1. The van der Waals surface area contributed by atoms with E-state index in [1.807, 2.05) is 18.7 Å². The first-order valence-electron chi connectivity index (χ1n) is 9.00. The van der Waals surface area contributed by atoms with Gasteiger partial charge >= 0.3 is 0 Å². The number of amides is 1. The van der Waals surface area contributed by atoms with Crippen molar-refractivity contribution in [1.29, 1.82) is 0 Å². The molecule has 1 aromatic rings. The van der Waals surface area contributed by atoms with Crippen LogP contribution in [0.4, 0.5) is 0 Å². The molecule has 2 rings (SSSR count). The molecule has 1 aliphatic heterocycles. The third kappa shape index (κ3) is 5.96. The van der Waals surface area contributed by atoms with Gasteiger partial charge in [-0.25, -0.2) is 4.99 Å². The summed E-state index contributed by atoms with van der Waals surface area (Å²) in [4.78, 5) is 20.0. The molecule has 1 heterocycles. The van der Waals surface area contributed by atoms with Crippen molar-refractivity contribution in [2.45, 2.75) is 44.7 Å². The molecule has 1 saturated heterocycles. The van der Waals surface area contributed by atoms with Crippen molar-refractivity contribution < 1.29 is 4.79 Å². The summed E-state index contributed by atoms with van der Waals surface area (Å²) in [7, 11) is 0. The van der Waals surface area contributed by atoms with E-state index in [1.165, 1.54) is 10.5 Å². The molecule has 5 nitrogen and oxygen atoms in total. The molecule has 0 bridgehead atoms. The number of carbonyl (C=O) groups is 1. The molecule has 2 N–H and O–H groups in total. The van der Waals surface area contributed by atoms with E-state index < -0.39 is 0 Å². The lowest BCUT2D eigenvalue weighted by Crippen LogP contribution is -2.45. The maximum absolute atomic E-state index is 12.1. The Morgan fingerprint density at radius 2 is 2.08 bits per heavy atom. The van der Waals surface area contributed by atoms with Crippen LogP contribution in [0.5, 0.6) is 0 Å². The summed E-state index contributed by atoms with van der Waals surface area (Å²) < 4.78 is 0. The smallest absolute Gasteiger partial charge is 0.225 e. The second kappa shape index (κ2) is 9.70. The predicted molar refractivity (Wildman–Crippen MR) is 106 cm³/mol. The molecule has 1 amide bonds. The second-order valence-electron chi connectivity index (χ2n) is 6.61. The first-order chi connectivity index (χ1) is 12.0. The van der Waals surface area contributed by atoms with Gasteiger partial charge in [-0.1, -0.05) is 26.0 Å². The van der Waals surface area contributed by atoms with E-state index in [0.29, 0.717) is 6.54 Å². The highest BCUT2D eigenvalue weighted by Gasteiger charge is 2.27. The van der Waals surface area contributed by atoms with E-state index in [0.717, 1.165) is 32.0 Å². The number of nitrogens with zero attached hydrogens (tertiary/aromatic N) is 2. The molecule has 6 heteroatoms. The molecule has 0 radical (unpaired) electrons. The maximum Gasteiger partial charge on any atom is 0.225 e. The van der Waals surface area contributed by atoms with Crippen molar-refractivity contribution >= 4 is 23.6 Å². The monoisotopic (exact) mass is 362 g/mol. The van der Waals surface area contributed by atoms with Crippen molar-refractivity contribution in [2.75, 3.05) is 25.9 Å². The van der Waals surface area contributed by atoms with Crippen molar-refractivity contribution in [3.8, 4) is 0 Å². The van der Waals surface area contributed by atoms with E-state index in [2.05, 4.69) is 48.1 Å². The molecule has 1 aromatic carbocycles. The Kier molecular flexibility index (Phi) is 7.62. The molecule has 0 aliphatic carbocycles. The van der Waals surface area contributed by atoms with E-state index in [4.69, 9.17) is 4.99 Å². The van der Waals surface area contributed by atoms with Crippen LogP contribution in [0.3, 0.4) is 0 Å². The predicted octanol–water partition coefficient (Wildman–Crippen LogP) is 2.72. The van der Waals surface area contributed by atoms with Crippen molar-refractivity contribution in [3.05, 3.63) is 29.8 Å². The third-order valence-electron chi connectivity index (χ3n) is 4.26. The summed E-state index contributed by atoms with van der Waals surface area (Å²) in [5.74, 6) is 1.12. The van der Waals surface area contributed by atoms with Gasteiger partial charge in [0.25, 0.3) is 0 Å². The molecule has 0 spiro atoms. The summed E-state index contributed by atoms with van der Waals surface area (Å²) in [6.45, 7) is 9.01. The number of aliphatic imine (C=N–C) groups is 1. The minimum Gasteiger partial charge on any atom is -0.357 e. The topological polar surface area (TPSA) is 56.7 Å². The number of benzene rings is 1. The van der Waals surface area contributed by atoms with Crippen LogP contribution < -0.4 is 10.6 Å². The highest BCUT2D eigenvalue weighted by atomic mass is 32.2. The van der Waals surface area contributed by atoms with Crippen LogP contribution in [0.15, 0.2) is 34.2 Å². The Morgan fingerprint density at radius 3 is 2.68 bits per heavy atom. The number of rotatable bonds is 6. The van der Waals surface area contributed by atoms with Gasteiger partial charge in [0.05, 0.1) is 6.54 Å². The van der Waals surface area contributed by atoms with Gasteiger partial charge in [-0.2, -0.15) is 0 Å². The Hall–Kier alpha value is -1.69. The lowest BCUT2D eigenvalue weighted by Gasteiger charge is -2.20. The fourth-order valence-corrected chi connectivity index (χ4v) is 3.27. The second-order valence-corrected chi connectivity index (χ2v) is 7.49. The third-order valence-corrected chi connectivity index (χ3v) is 5.00. The molecular formula is C19H30N4OS. The zero-order valence-corrected chi connectivity index (χ0v) is 16.5. The van der Waals surface area contributed by atoms with Gasteiger partial charge < -0.3 is 15.5 Å². The number of nitrogens with one attached hydrogen (secondary N) is 2. The van der Waals surface area contributed by atoms with Gasteiger partial charge in [0.1, 0.15) is 0 Å². The summed E-state index contributed by atoms with van der Waals surface area (Å²) in [5.41, 5.74) is 1.19. The summed E-state index contributed by atoms with van der Waals surface area (Å²) in [5, 5.41) is 6.77. The fraction of sp³-hybridized carbons (Fsp3) is 0.579. The summed E-state index contributed by atoms with van der Waals surface area (Å²) in [6.07, 6.45) is 3.04. The van der Waals surface area contributed by atoms with Gasteiger partial charge in [0, 0.05) is 36.5 Å². The highest BCUT2D eigenvalue weighted by Crippen LogP contribution is 2.15. The molecule has 1 fully saturated rings. The van der Waals surface area contributed by atoms with E-state index in [1.54, 1.807) is 11.8 Å². The van der Waals surface area contributed by atoms with Crippen LogP contribution in [0, 0.1) is 5.92 Å². The van der Waals surface area contributed by atoms with Crippen LogP contribution in [0.2, 0.25) is 0 Å². The van der Waals surface area contributed by atoms with Gasteiger partial charge in [0.15, 0.2) is 5.96 Å². The lowest BCUT2D eigenvalue weighted by molar-refractivity contribution is -0.133. The van der Waals surface area contributed by atoms with Crippen molar-refractivity contribution in [3.63, 3.8) is 0 Å². The standard InChI is InChI=1S/C19H30N4OS/c1-5-20-19(21-12-15-6-8-17(25-4)9-7-15)22-16-10-11-23(13-16)18(24)14(2)3/h6-9,14,16H,5,10-13H2,1-4H3,(H2,20,21,22). The highest BCUT2D eigenvalue weighted by molar-refractivity contribution is 7.98. The number of hydrogen-bond donors (Lipinski definition) is 2. The SMILES string of the molecule is CCNC(=NCc1ccc(SC)cc1)NC1CCN(C(=O)C(C)C)C1. The van der Waals surface area contributed by atoms with Gasteiger partial charge in [-0.3, -0.25) is 4.79 Å². The Labute approximate surface area is 155 Å². The number of carbonyl (C=O) groups excluding carboxylic acids is 1. The number of likely N-dealkylation sites (tertiary alicyclic amines) is 1. The quantitative estimate of drug-likeness (QED) is 0.464. The minimum absolute atomic E-state index is 0.0601. The average molecular weight is 363 g/mol. The maximum atomic E-state index is 12.1. The van der Waals surface area contributed by atoms with Gasteiger partial charge in [0.2, 0.25) is 5.91 Å². The van der Waals surface area contributed by atoms with Crippen LogP contribution in [0.25, 0.3) is 0 Å². The van der Waals surface area contributed by atoms with Gasteiger partial charge in [-0.05, 0) is 37.3 Å². The lowest BCUT2D eigenvalue weighted by atomic mass is 10.2. The largest absolute Gasteiger partial charge is 0.357 e. The number of guanidine groups is 1. The van der Waals surface area contributed by atoms with Crippen LogP contribution in [-0.4, -0.2) is 48.7 Å². The summed E-state index contributed by atoms with van der Waals surface area (Å²) >= 11 is 1.74. The molecule has 0 saturated carbocycles. The molecule has 25 heavy (non-hydrogen) atoms. The van der Waals surface area contributed by atoms with E-state index in [-0.39, 0.29) is 17.9 Å². The Balaban J connectivity index is 1.92. The summed E-state index contributed by atoms with van der Waals surface area (Å²) in [6, 6.07) is 8.76. The molecule has 138 valence electrons. The first-order valence-corrected chi connectivity index (χ1v) is 10.2. The zero-order valence-electron chi connectivity index (χ0n) is 15.7. The van der Waals surface area contributed by atoms with Crippen LogP contribution >= 0.6 is 11.8 Å². The van der Waals surface area contributed by atoms with Crippen LogP contribution in [0.1, 0.15) is 32.8 Å². The van der Waals surface area contributed by atoms with Crippen molar-refractivity contribution in [2.24, 2.45) is 10.9 Å². The van der Waals surface area contributed by atoms with Crippen LogP contribution in [-0.2, 0) is 11.3 Å². The molecule has 1 atom stereocenters. The van der Waals surface area contributed by atoms with E-state index in [9.17, 15) is 4.79 Å². The fourth-order valence-electron chi connectivity index (χ4n) is 2.86. The molecular weight excluding hydrogens is 332 g/mol. The average Bonchev–Trinajstić information content (AvgIpc) is 3.08. The minimum atomic E-state index is 0.0601. The normalized spacial score (nSPS) is 17.9. The zero-order chi connectivity index (χ0) is 18.2. The van der Waals surface area contributed by atoms with Crippen molar-refractivity contribution in [1.82, 2.24) is 15.5 Å². The van der Waals surface area contributed by atoms with E-state index >= 15 is 0 Å². The van der Waals surface area contributed by atoms with Gasteiger partial charge in [-0.15, -0.1) is 11.8 Å². The first kappa shape index (κ1) is 19.6. The number of hydrogen-bond acceptors (Lipinski definition) is 3. The molecule has 0 aromatic heterocycles. The molecule has 1 unspecified atom stereocenters. The Morgan fingerprint density at radius 1 is 1.36 bits per heavy atom.